The van der Waals surface area contributed by atoms with Crippen LogP contribution in [0.15, 0.2) is 18.3 Å². The Bertz CT molecular complexity index is 437. The van der Waals surface area contributed by atoms with Crippen LogP contribution in [0.3, 0.4) is 0 Å². The highest BCUT2D eigenvalue weighted by Gasteiger charge is 2.32. The summed E-state index contributed by atoms with van der Waals surface area (Å²) in [5, 5.41) is 0. The van der Waals surface area contributed by atoms with E-state index in [9.17, 15) is 13.2 Å². The van der Waals surface area contributed by atoms with Gasteiger partial charge in [-0.05, 0) is 25.0 Å². The van der Waals surface area contributed by atoms with Crippen LogP contribution >= 0.6 is 0 Å². The molecule has 1 aliphatic heterocycles. The molecule has 1 fully saturated rings. The van der Waals surface area contributed by atoms with Crippen LogP contribution in [-0.2, 0) is 6.42 Å². The van der Waals surface area contributed by atoms with Gasteiger partial charge in [-0.2, -0.15) is 13.2 Å². The van der Waals surface area contributed by atoms with E-state index in [2.05, 4.69) is 4.98 Å². The van der Waals surface area contributed by atoms with E-state index in [4.69, 9.17) is 5.73 Å². The number of rotatable bonds is 4. The van der Waals surface area contributed by atoms with E-state index >= 15 is 0 Å². The highest BCUT2D eigenvalue weighted by atomic mass is 19.4. The van der Waals surface area contributed by atoms with Gasteiger partial charge in [0, 0.05) is 38.4 Å². The van der Waals surface area contributed by atoms with E-state index in [1.807, 2.05) is 24.0 Å². The molecule has 4 nitrogen and oxygen atoms in total. The van der Waals surface area contributed by atoms with Crippen molar-refractivity contribution in [1.82, 2.24) is 9.88 Å². The van der Waals surface area contributed by atoms with Crippen LogP contribution < -0.4 is 10.6 Å². The van der Waals surface area contributed by atoms with E-state index in [1.165, 1.54) is 4.90 Å². The first-order valence-electron chi connectivity index (χ1n) is 7.08. The average molecular weight is 302 g/mol. The van der Waals surface area contributed by atoms with Crippen molar-refractivity contribution in [3.8, 4) is 0 Å². The molecule has 1 saturated heterocycles. The van der Waals surface area contributed by atoms with Gasteiger partial charge in [0.05, 0.1) is 6.54 Å². The molecule has 0 aromatic carbocycles. The van der Waals surface area contributed by atoms with Gasteiger partial charge in [-0.15, -0.1) is 0 Å². The quantitative estimate of drug-likeness (QED) is 0.919. The average Bonchev–Trinajstić information content (AvgIpc) is 2.38. The molecule has 0 radical (unpaired) electrons. The van der Waals surface area contributed by atoms with Crippen molar-refractivity contribution in [3.05, 3.63) is 23.9 Å². The Kier molecular flexibility index (Phi) is 5.05. The van der Waals surface area contributed by atoms with E-state index in [-0.39, 0.29) is 6.04 Å². The van der Waals surface area contributed by atoms with Gasteiger partial charge in [-0.3, -0.25) is 4.90 Å². The highest BCUT2D eigenvalue weighted by molar-refractivity contribution is 5.40. The Morgan fingerprint density at radius 2 is 1.90 bits per heavy atom. The zero-order chi connectivity index (χ0) is 15.5. The maximum Gasteiger partial charge on any atom is 0.401 e. The smallest absolute Gasteiger partial charge is 0.354 e. The third-order valence-electron chi connectivity index (χ3n) is 3.47. The molecule has 1 aromatic rings. The molecule has 21 heavy (non-hydrogen) atoms. The van der Waals surface area contributed by atoms with Crippen LogP contribution in [0.2, 0.25) is 0 Å². The molecule has 0 bridgehead atoms. The summed E-state index contributed by atoms with van der Waals surface area (Å²) in [6, 6.07) is 3.98. The summed E-state index contributed by atoms with van der Waals surface area (Å²) in [7, 11) is 0. The fraction of sp³-hybridized carbons (Fsp3) is 0.643. The minimum absolute atomic E-state index is 0.0866. The first-order valence-corrected chi connectivity index (χ1v) is 7.08. The number of halogens is 3. The largest absolute Gasteiger partial charge is 0.401 e. The monoisotopic (exact) mass is 302 g/mol. The zero-order valence-electron chi connectivity index (χ0n) is 12.1. The van der Waals surface area contributed by atoms with Gasteiger partial charge < -0.3 is 10.6 Å². The standard InChI is InChI=1S/C14H21F3N4/c1-11(18)8-12-2-3-13(19-9-12)21-6-4-20(5-7-21)10-14(15,16)17/h2-3,9,11H,4-8,10,18H2,1H3. The van der Waals surface area contributed by atoms with Crippen LogP contribution in [0.1, 0.15) is 12.5 Å². The van der Waals surface area contributed by atoms with Gasteiger partial charge >= 0.3 is 6.18 Å². The molecule has 1 atom stereocenters. The molecule has 0 saturated carbocycles. The molecular weight excluding hydrogens is 281 g/mol. The minimum atomic E-state index is -4.12. The molecule has 0 aliphatic carbocycles. The number of alkyl halides is 3. The molecular formula is C14H21F3N4. The molecule has 2 heterocycles. The first-order chi connectivity index (χ1) is 9.83. The second-order valence-corrected chi connectivity index (χ2v) is 5.58. The summed E-state index contributed by atoms with van der Waals surface area (Å²) < 4.78 is 37.0. The van der Waals surface area contributed by atoms with Crippen molar-refractivity contribution in [3.63, 3.8) is 0 Å². The molecule has 1 unspecified atom stereocenters. The van der Waals surface area contributed by atoms with E-state index in [1.54, 1.807) is 6.20 Å². The summed E-state index contributed by atoms with van der Waals surface area (Å²) in [4.78, 5) is 7.83. The Labute approximate surface area is 122 Å². The van der Waals surface area contributed by atoms with Crippen LogP contribution in [-0.4, -0.2) is 54.8 Å². The molecule has 2 N–H and O–H groups in total. The molecule has 7 heteroatoms. The predicted octanol–water partition coefficient (Wildman–Crippen LogP) is 1.66. The number of pyridine rings is 1. The number of piperazine rings is 1. The van der Waals surface area contributed by atoms with Gasteiger partial charge in [0.15, 0.2) is 0 Å². The van der Waals surface area contributed by atoms with Crippen molar-refractivity contribution in [2.75, 3.05) is 37.6 Å². The number of nitrogens with two attached hydrogens (primary N) is 1. The molecule has 1 aromatic heterocycles. The fourth-order valence-electron chi connectivity index (χ4n) is 2.48. The fourth-order valence-corrected chi connectivity index (χ4v) is 2.48. The van der Waals surface area contributed by atoms with E-state index in [0.717, 1.165) is 17.8 Å². The third-order valence-corrected chi connectivity index (χ3v) is 3.47. The summed E-state index contributed by atoms with van der Waals surface area (Å²) in [5.41, 5.74) is 6.81. The lowest BCUT2D eigenvalue weighted by Gasteiger charge is -2.35. The van der Waals surface area contributed by atoms with Gasteiger partial charge in [-0.1, -0.05) is 6.07 Å². The van der Waals surface area contributed by atoms with Crippen LogP contribution in [0.25, 0.3) is 0 Å². The number of aromatic nitrogens is 1. The molecule has 2 rings (SSSR count). The second-order valence-electron chi connectivity index (χ2n) is 5.58. The Morgan fingerprint density at radius 3 is 2.38 bits per heavy atom. The molecule has 0 amide bonds. The zero-order valence-corrected chi connectivity index (χ0v) is 12.1. The third kappa shape index (κ3) is 5.17. The maximum absolute atomic E-state index is 12.3. The Balaban J connectivity index is 1.87. The van der Waals surface area contributed by atoms with Crippen LogP contribution in [0, 0.1) is 0 Å². The van der Waals surface area contributed by atoms with Crippen molar-refractivity contribution >= 4 is 5.82 Å². The molecule has 0 spiro atoms. The number of anilines is 1. The number of hydrogen-bond donors (Lipinski definition) is 1. The van der Waals surface area contributed by atoms with Gasteiger partial charge in [0.25, 0.3) is 0 Å². The molecule has 1 aliphatic rings. The Morgan fingerprint density at radius 1 is 1.24 bits per heavy atom. The van der Waals surface area contributed by atoms with Crippen LogP contribution in [0.4, 0.5) is 19.0 Å². The van der Waals surface area contributed by atoms with Crippen molar-refractivity contribution in [2.45, 2.75) is 25.6 Å². The summed E-state index contributed by atoms with van der Waals surface area (Å²) in [6.07, 6.45) is -1.56. The van der Waals surface area contributed by atoms with Gasteiger partial charge in [0.1, 0.15) is 5.82 Å². The van der Waals surface area contributed by atoms with E-state index in [0.29, 0.717) is 26.2 Å². The summed E-state index contributed by atoms with van der Waals surface area (Å²) in [5.74, 6) is 0.815. The van der Waals surface area contributed by atoms with Crippen molar-refractivity contribution in [2.24, 2.45) is 5.73 Å². The molecule has 118 valence electrons. The topological polar surface area (TPSA) is 45.4 Å². The number of hydrogen-bond acceptors (Lipinski definition) is 4. The highest BCUT2D eigenvalue weighted by Crippen LogP contribution is 2.19. The summed E-state index contributed by atoms with van der Waals surface area (Å²) >= 11 is 0. The van der Waals surface area contributed by atoms with Crippen LogP contribution in [0.5, 0.6) is 0 Å². The lowest BCUT2D eigenvalue weighted by molar-refractivity contribution is -0.146. The lowest BCUT2D eigenvalue weighted by Crippen LogP contribution is -2.49. The SMILES string of the molecule is CC(N)Cc1ccc(N2CCN(CC(F)(F)F)CC2)nc1. The number of nitrogens with zero attached hydrogens (tertiary/aromatic N) is 3. The lowest BCUT2D eigenvalue weighted by atomic mass is 10.1. The summed E-state index contributed by atoms with van der Waals surface area (Å²) in [6.45, 7) is 3.05. The first kappa shape index (κ1) is 16.0. The van der Waals surface area contributed by atoms with Gasteiger partial charge in [0.2, 0.25) is 0 Å². The van der Waals surface area contributed by atoms with Crippen molar-refractivity contribution < 1.29 is 13.2 Å². The minimum Gasteiger partial charge on any atom is -0.354 e. The maximum atomic E-state index is 12.3. The predicted molar refractivity (Wildman–Crippen MR) is 76.3 cm³/mol. The Hall–Kier alpha value is -1.34. The second kappa shape index (κ2) is 6.62. The van der Waals surface area contributed by atoms with Gasteiger partial charge in [-0.25, -0.2) is 4.98 Å². The van der Waals surface area contributed by atoms with E-state index < -0.39 is 12.7 Å². The normalized spacial score (nSPS) is 18.8. The van der Waals surface area contributed by atoms with Crippen molar-refractivity contribution in [1.29, 1.82) is 0 Å².